The summed E-state index contributed by atoms with van der Waals surface area (Å²) in [4.78, 5) is 13.8. The number of hydrogen-bond donors (Lipinski definition) is 0. The Balaban J connectivity index is 1.69. The van der Waals surface area contributed by atoms with Gasteiger partial charge in [-0.05, 0) is 67.3 Å². The number of benzene rings is 3. The molecule has 0 N–H and O–H groups in total. The van der Waals surface area contributed by atoms with Crippen molar-refractivity contribution in [2.45, 2.75) is 39.5 Å². The highest BCUT2D eigenvalue weighted by molar-refractivity contribution is 5.68. The minimum atomic E-state index is -0.505. The highest BCUT2D eigenvalue weighted by Gasteiger charge is 2.19. The maximum Gasteiger partial charge on any atom is 0.410 e. The first-order chi connectivity index (χ1) is 14.3. The SMILES string of the molecule is CN(Cc1cccc(-c2cccc(COc3ccccc3)c2)c1)C(=O)OC(C)(C)C. The fourth-order valence-electron chi connectivity index (χ4n) is 3.05. The molecule has 3 aromatic carbocycles. The standard InChI is InChI=1S/C26H29NO3/c1-26(2,3)30-25(28)27(4)18-20-10-8-12-22(16-20)23-13-9-11-21(17-23)19-29-24-14-6-5-7-15-24/h5-17H,18-19H2,1-4H3. The molecule has 0 bridgehead atoms. The molecule has 0 unspecified atom stereocenters. The van der Waals surface area contributed by atoms with Gasteiger partial charge in [-0.2, -0.15) is 0 Å². The Labute approximate surface area is 179 Å². The topological polar surface area (TPSA) is 38.8 Å². The highest BCUT2D eigenvalue weighted by atomic mass is 16.6. The van der Waals surface area contributed by atoms with Crippen LogP contribution < -0.4 is 4.74 Å². The Hall–Kier alpha value is -3.27. The Kier molecular flexibility index (Phi) is 6.78. The van der Waals surface area contributed by atoms with Crippen LogP contribution in [0.1, 0.15) is 31.9 Å². The van der Waals surface area contributed by atoms with Crippen LogP contribution >= 0.6 is 0 Å². The Morgan fingerprint density at radius 2 is 1.43 bits per heavy atom. The van der Waals surface area contributed by atoms with E-state index in [1.54, 1.807) is 11.9 Å². The first-order valence-corrected chi connectivity index (χ1v) is 10.1. The molecule has 4 heteroatoms. The Bertz CT molecular complexity index is 977. The third kappa shape index (κ3) is 6.38. The van der Waals surface area contributed by atoms with Crippen molar-refractivity contribution in [3.05, 3.63) is 90.0 Å². The number of nitrogens with zero attached hydrogens (tertiary/aromatic N) is 1. The van der Waals surface area contributed by atoms with Crippen LogP contribution in [0.25, 0.3) is 11.1 Å². The quantitative estimate of drug-likeness (QED) is 0.485. The number of carbonyl (C=O) groups is 1. The molecule has 0 saturated carbocycles. The molecule has 0 atom stereocenters. The number of carbonyl (C=O) groups excluding carboxylic acids is 1. The van der Waals surface area contributed by atoms with E-state index in [9.17, 15) is 4.79 Å². The molecule has 1 amide bonds. The summed E-state index contributed by atoms with van der Waals surface area (Å²) in [6.45, 7) is 6.61. The minimum absolute atomic E-state index is 0.326. The van der Waals surface area contributed by atoms with Gasteiger partial charge in [0.25, 0.3) is 0 Å². The molecule has 0 fully saturated rings. The van der Waals surface area contributed by atoms with Crippen LogP contribution in [-0.4, -0.2) is 23.6 Å². The molecule has 0 aliphatic carbocycles. The summed E-state index contributed by atoms with van der Waals surface area (Å²) in [7, 11) is 1.75. The predicted molar refractivity (Wildman–Crippen MR) is 120 cm³/mol. The van der Waals surface area contributed by atoms with E-state index in [-0.39, 0.29) is 6.09 Å². The second kappa shape index (κ2) is 9.49. The van der Waals surface area contributed by atoms with E-state index in [4.69, 9.17) is 9.47 Å². The van der Waals surface area contributed by atoms with E-state index >= 15 is 0 Å². The van der Waals surface area contributed by atoms with Gasteiger partial charge in [0, 0.05) is 13.6 Å². The van der Waals surface area contributed by atoms with E-state index in [1.165, 1.54) is 0 Å². The van der Waals surface area contributed by atoms with Gasteiger partial charge >= 0.3 is 6.09 Å². The van der Waals surface area contributed by atoms with Gasteiger partial charge in [0.05, 0.1) is 0 Å². The summed E-state index contributed by atoms with van der Waals surface area (Å²) in [5, 5.41) is 0. The van der Waals surface area contributed by atoms with Crippen LogP contribution in [0.4, 0.5) is 4.79 Å². The van der Waals surface area contributed by atoms with E-state index in [2.05, 4.69) is 30.3 Å². The maximum atomic E-state index is 12.2. The Morgan fingerprint density at radius 1 is 0.833 bits per heavy atom. The van der Waals surface area contributed by atoms with Crippen molar-refractivity contribution in [2.24, 2.45) is 0 Å². The van der Waals surface area contributed by atoms with Gasteiger partial charge in [0.1, 0.15) is 18.0 Å². The van der Waals surface area contributed by atoms with Crippen LogP contribution in [0.2, 0.25) is 0 Å². The smallest absolute Gasteiger partial charge is 0.410 e. The van der Waals surface area contributed by atoms with Crippen molar-refractivity contribution in [1.29, 1.82) is 0 Å². The molecule has 0 spiro atoms. The number of para-hydroxylation sites is 1. The minimum Gasteiger partial charge on any atom is -0.489 e. The molecule has 0 radical (unpaired) electrons. The number of rotatable bonds is 6. The molecule has 156 valence electrons. The van der Waals surface area contributed by atoms with Crippen molar-refractivity contribution in [1.82, 2.24) is 4.90 Å². The largest absolute Gasteiger partial charge is 0.489 e. The summed E-state index contributed by atoms with van der Waals surface area (Å²) in [6.07, 6.45) is -0.326. The molecule has 4 nitrogen and oxygen atoms in total. The molecule has 0 heterocycles. The summed E-state index contributed by atoms with van der Waals surface area (Å²) < 4.78 is 11.3. The molecular formula is C26H29NO3. The van der Waals surface area contributed by atoms with Gasteiger partial charge in [0.15, 0.2) is 0 Å². The summed E-state index contributed by atoms with van der Waals surface area (Å²) in [6, 6.07) is 26.4. The van der Waals surface area contributed by atoms with Gasteiger partial charge in [-0.1, -0.05) is 54.6 Å². The molecule has 30 heavy (non-hydrogen) atoms. The predicted octanol–water partition coefficient (Wildman–Crippen LogP) is 6.30. The van der Waals surface area contributed by atoms with Crippen LogP contribution in [0.5, 0.6) is 5.75 Å². The van der Waals surface area contributed by atoms with E-state index in [0.29, 0.717) is 13.2 Å². The van der Waals surface area contributed by atoms with E-state index in [0.717, 1.165) is 28.0 Å². The molecule has 3 rings (SSSR count). The van der Waals surface area contributed by atoms with Crippen molar-refractivity contribution >= 4 is 6.09 Å². The van der Waals surface area contributed by atoms with Crippen molar-refractivity contribution in [2.75, 3.05) is 7.05 Å². The fraction of sp³-hybridized carbons (Fsp3) is 0.269. The van der Waals surface area contributed by atoms with Gasteiger partial charge in [-0.25, -0.2) is 4.79 Å². The van der Waals surface area contributed by atoms with Crippen LogP contribution in [0.3, 0.4) is 0 Å². The molecule has 3 aromatic rings. The van der Waals surface area contributed by atoms with Crippen LogP contribution in [0, 0.1) is 0 Å². The van der Waals surface area contributed by atoms with E-state index in [1.807, 2.05) is 69.3 Å². The van der Waals surface area contributed by atoms with Crippen molar-refractivity contribution in [3.63, 3.8) is 0 Å². The van der Waals surface area contributed by atoms with Crippen LogP contribution in [-0.2, 0) is 17.9 Å². The van der Waals surface area contributed by atoms with Gasteiger partial charge in [-0.3, -0.25) is 0 Å². The zero-order valence-corrected chi connectivity index (χ0v) is 18.1. The van der Waals surface area contributed by atoms with Crippen molar-refractivity contribution < 1.29 is 14.3 Å². The number of ether oxygens (including phenoxy) is 2. The van der Waals surface area contributed by atoms with Crippen molar-refractivity contribution in [3.8, 4) is 16.9 Å². The van der Waals surface area contributed by atoms with Gasteiger partial charge in [-0.15, -0.1) is 0 Å². The normalized spacial score (nSPS) is 11.1. The van der Waals surface area contributed by atoms with Gasteiger partial charge in [0.2, 0.25) is 0 Å². The second-order valence-electron chi connectivity index (χ2n) is 8.34. The lowest BCUT2D eigenvalue weighted by Gasteiger charge is -2.24. The van der Waals surface area contributed by atoms with Crippen LogP contribution in [0.15, 0.2) is 78.9 Å². The lowest BCUT2D eigenvalue weighted by molar-refractivity contribution is 0.0285. The average molecular weight is 404 g/mol. The lowest BCUT2D eigenvalue weighted by atomic mass is 10.0. The second-order valence-corrected chi connectivity index (χ2v) is 8.34. The first kappa shape index (κ1) is 21.4. The zero-order valence-electron chi connectivity index (χ0n) is 18.1. The third-order valence-corrected chi connectivity index (χ3v) is 4.46. The number of amides is 1. The molecule has 0 aliphatic heterocycles. The molecular weight excluding hydrogens is 374 g/mol. The third-order valence-electron chi connectivity index (χ3n) is 4.46. The molecule has 0 saturated heterocycles. The average Bonchev–Trinajstić information content (AvgIpc) is 2.72. The maximum absolute atomic E-state index is 12.2. The summed E-state index contributed by atoms with van der Waals surface area (Å²) >= 11 is 0. The van der Waals surface area contributed by atoms with E-state index < -0.39 is 5.60 Å². The summed E-state index contributed by atoms with van der Waals surface area (Å²) in [5.41, 5.74) is 3.87. The fourth-order valence-corrected chi connectivity index (χ4v) is 3.05. The molecule has 0 aromatic heterocycles. The Morgan fingerprint density at radius 3 is 2.07 bits per heavy atom. The van der Waals surface area contributed by atoms with Gasteiger partial charge < -0.3 is 14.4 Å². The monoisotopic (exact) mass is 403 g/mol. The zero-order chi connectivity index (χ0) is 21.6. The first-order valence-electron chi connectivity index (χ1n) is 10.1. The molecule has 0 aliphatic rings. The lowest BCUT2D eigenvalue weighted by Crippen LogP contribution is -2.33. The summed E-state index contributed by atoms with van der Waals surface area (Å²) in [5.74, 6) is 0.857. The highest BCUT2D eigenvalue weighted by Crippen LogP contribution is 2.23. The number of hydrogen-bond acceptors (Lipinski definition) is 3.